The fraction of sp³-hybridized carbons (Fsp3) is 0.211. The lowest BCUT2D eigenvalue weighted by Gasteiger charge is -2.18. The number of sulfone groups is 1. The van der Waals surface area contributed by atoms with E-state index in [9.17, 15) is 26.8 Å². The van der Waals surface area contributed by atoms with Gasteiger partial charge in [-0.1, -0.05) is 30.3 Å². The van der Waals surface area contributed by atoms with Crippen LogP contribution >= 0.6 is 0 Å². The number of benzene rings is 2. The summed E-state index contributed by atoms with van der Waals surface area (Å²) in [6, 6.07) is 11.1. The SMILES string of the molecule is N#CCNC(=O)C(CS(=O)(=O)Cc1cccc(F)c1F)NC(=O)c1ccccc1. The summed E-state index contributed by atoms with van der Waals surface area (Å²) in [5.74, 6) is -5.80. The third-order valence-corrected chi connectivity index (χ3v) is 5.42. The smallest absolute Gasteiger partial charge is 0.251 e. The molecule has 0 bridgehead atoms. The van der Waals surface area contributed by atoms with E-state index in [0.717, 1.165) is 18.2 Å². The third kappa shape index (κ3) is 6.36. The molecule has 0 fully saturated rings. The lowest BCUT2D eigenvalue weighted by Crippen LogP contribution is -2.50. The number of nitrogens with one attached hydrogen (secondary N) is 2. The number of rotatable bonds is 8. The Kier molecular flexibility index (Phi) is 7.39. The van der Waals surface area contributed by atoms with E-state index in [0.29, 0.717) is 0 Å². The molecule has 0 saturated carbocycles. The monoisotopic (exact) mass is 421 g/mol. The second-order valence-electron chi connectivity index (χ2n) is 6.04. The molecule has 2 rings (SSSR count). The predicted octanol–water partition coefficient (Wildman–Crippen LogP) is 1.32. The summed E-state index contributed by atoms with van der Waals surface area (Å²) in [6.45, 7) is -0.394. The van der Waals surface area contributed by atoms with Gasteiger partial charge in [-0.05, 0) is 18.2 Å². The lowest BCUT2D eigenvalue weighted by molar-refractivity contribution is -0.122. The zero-order valence-corrected chi connectivity index (χ0v) is 15.9. The summed E-state index contributed by atoms with van der Waals surface area (Å²) in [5, 5.41) is 13.1. The van der Waals surface area contributed by atoms with E-state index in [1.165, 1.54) is 12.1 Å². The molecule has 2 amide bonds. The number of halogens is 2. The summed E-state index contributed by atoms with van der Waals surface area (Å²) < 4.78 is 52.1. The molecule has 7 nitrogen and oxygen atoms in total. The maximum atomic E-state index is 13.8. The van der Waals surface area contributed by atoms with Crippen LogP contribution in [0.5, 0.6) is 0 Å². The van der Waals surface area contributed by atoms with E-state index in [4.69, 9.17) is 5.26 Å². The fourth-order valence-corrected chi connectivity index (χ4v) is 4.03. The molecule has 2 N–H and O–H groups in total. The first-order chi connectivity index (χ1) is 13.7. The van der Waals surface area contributed by atoms with Crippen molar-refractivity contribution in [1.29, 1.82) is 5.26 Å². The van der Waals surface area contributed by atoms with Gasteiger partial charge in [0.25, 0.3) is 5.91 Å². The highest BCUT2D eigenvalue weighted by atomic mass is 32.2. The third-order valence-electron chi connectivity index (χ3n) is 3.83. The number of hydrogen-bond acceptors (Lipinski definition) is 5. The molecule has 0 saturated heterocycles. The van der Waals surface area contributed by atoms with E-state index < -0.39 is 62.9 Å². The first-order valence-electron chi connectivity index (χ1n) is 8.37. The van der Waals surface area contributed by atoms with Gasteiger partial charge >= 0.3 is 0 Å². The highest BCUT2D eigenvalue weighted by Gasteiger charge is 2.28. The quantitative estimate of drug-likeness (QED) is 0.624. The van der Waals surface area contributed by atoms with E-state index >= 15 is 0 Å². The molecule has 2 aromatic rings. The van der Waals surface area contributed by atoms with E-state index in [1.54, 1.807) is 24.3 Å². The summed E-state index contributed by atoms with van der Waals surface area (Å²) in [4.78, 5) is 24.6. The van der Waals surface area contributed by atoms with Crippen molar-refractivity contribution in [2.45, 2.75) is 11.8 Å². The van der Waals surface area contributed by atoms with Crippen molar-refractivity contribution in [1.82, 2.24) is 10.6 Å². The average molecular weight is 421 g/mol. The molecule has 2 aromatic carbocycles. The molecule has 152 valence electrons. The second kappa shape index (κ2) is 9.75. The molecule has 0 spiro atoms. The number of nitrogens with zero attached hydrogens (tertiary/aromatic N) is 1. The fourth-order valence-electron chi connectivity index (χ4n) is 2.47. The first-order valence-corrected chi connectivity index (χ1v) is 10.2. The minimum absolute atomic E-state index is 0.194. The maximum absolute atomic E-state index is 13.8. The molecular formula is C19H17F2N3O4S. The Morgan fingerprint density at radius 3 is 2.41 bits per heavy atom. The second-order valence-corrected chi connectivity index (χ2v) is 8.14. The topological polar surface area (TPSA) is 116 Å². The number of carbonyl (C=O) groups excluding carboxylic acids is 2. The molecule has 10 heteroatoms. The Bertz CT molecular complexity index is 1040. The average Bonchev–Trinajstić information content (AvgIpc) is 2.69. The van der Waals surface area contributed by atoms with Crippen LogP contribution in [0.4, 0.5) is 8.78 Å². The molecule has 0 aliphatic rings. The Labute approximate surface area is 166 Å². The van der Waals surface area contributed by atoms with Crippen molar-refractivity contribution in [3.05, 3.63) is 71.3 Å². The number of hydrogen-bond donors (Lipinski definition) is 2. The van der Waals surface area contributed by atoms with Gasteiger partial charge in [-0.15, -0.1) is 0 Å². The highest BCUT2D eigenvalue weighted by Crippen LogP contribution is 2.15. The zero-order valence-electron chi connectivity index (χ0n) is 15.1. The van der Waals surface area contributed by atoms with Crippen LogP contribution in [0.15, 0.2) is 48.5 Å². The van der Waals surface area contributed by atoms with Crippen molar-refractivity contribution in [2.75, 3.05) is 12.3 Å². The van der Waals surface area contributed by atoms with Crippen LogP contribution < -0.4 is 10.6 Å². The van der Waals surface area contributed by atoms with Crippen LogP contribution in [-0.4, -0.2) is 38.6 Å². The molecule has 0 heterocycles. The van der Waals surface area contributed by atoms with Crippen LogP contribution in [-0.2, 0) is 20.4 Å². The molecular weight excluding hydrogens is 404 g/mol. The van der Waals surface area contributed by atoms with Gasteiger partial charge in [-0.25, -0.2) is 17.2 Å². The zero-order chi connectivity index (χ0) is 21.4. The Hall–Kier alpha value is -3.32. The van der Waals surface area contributed by atoms with Crippen LogP contribution in [0, 0.1) is 23.0 Å². The van der Waals surface area contributed by atoms with Gasteiger partial charge < -0.3 is 10.6 Å². The lowest BCUT2D eigenvalue weighted by atomic mass is 10.2. The minimum atomic E-state index is -4.14. The van der Waals surface area contributed by atoms with Gasteiger partial charge in [0.2, 0.25) is 5.91 Å². The van der Waals surface area contributed by atoms with Gasteiger partial charge in [-0.2, -0.15) is 5.26 Å². The predicted molar refractivity (Wildman–Crippen MR) is 100 cm³/mol. The summed E-state index contributed by atoms with van der Waals surface area (Å²) in [7, 11) is -4.14. The highest BCUT2D eigenvalue weighted by molar-refractivity contribution is 7.90. The van der Waals surface area contributed by atoms with Gasteiger partial charge in [0, 0.05) is 11.1 Å². The van der Waals surface area contributed by atoms with Crippen LogP contribution in [0.25, 0.3) is 0 Å². The van der Waals surface area contributed by atoms with Crippen molar-refractivity contribution in [3.63, 3.8) is 0 Å². The summed E-state index contributed by atoms with van der Waals surface area (Å²) >= 11 is 0. The molecule has 0 radical (unpaired) electrons. The largest absolute Gasteiger partial charge is 0.341 e. The first kappa shape index (κ1) is 22.0. The number of amides is 2. The van der Waals surface area contributed by atoms with E-state index in [2.05, 4.69) is 10.6 Å². The molecule has 0 aromatic heterocycles. The standard InChI is InChI=1S/C19H17F2N3O4S/c20-15-8-4-7-14(17(15)21)11-29(27,28)12-16(19(26)23-10-9-22)24-18(25)13-5-2-1-3-6-13/h1-8,16H,10-12H2,(H,23,26)(H,24,25). The Balaban J connectivity index is 2.21. The summed E-state index contributed by atoms with van der Waals surface area (Å²) in [5.41, 5.74) is -0.199. The van der Waals surface area contributed by atoms with Crippen molar-refractivity contribution in [2.24, 2.45) is 0 Å². The van der Waals surface area contributed by atoms with Gasteiger partial charge in [-0.3, -0.25) is 9.59 Å². The number of carbonyl (C=O) groups is 2. The van der Waals surface area contributed by atoms with Gasteiger partial charge in [0.15, 0.2) is 21.5 Å². The van der Waals surface area contributed by atoms with Crippen LogP contribution in [0.3, 0.4) is 0 Å². The van der Waals surface area contributed by atoms with Crippen molar-refractivity contribution in [3.8, 4) is 6.07 Å². The van der Waals surface area contributed by atoms with Crippen LogP contribution in [0.2, 0.25) is 0 Å². The van der Waals surface area contributed by atoms with E-state index in [1.807, 2.05) is 0 Å². The summed E-state index contributed by atoms with van der Waals surface area (Å²) in [6.07, 6.45) is 0. The maximum Gasteiger partial charge on any atom is 0.251 e. The van der Waals surface area contributed by atoms with Crippen molar-refractivity contribution < 1.29 is 26.8 Å². The Morgan fingerprint density at radius 1 is 1.07 bits per heavy atom. The molecule has 29 heavy (non-hydrogen) atoms. The molecule has 1 unspecified atom stereocenters. The minimum Gasteiger partial charge on any atom is -0.341 e. The van der Waals surface area contributed by atoms with Crippen LogP contribution in [0.1, 0.15) is 15.9 Å². The molecule has 1 atom stereocenters. The molecule has 0 aliphatic carbocycles. The van der Waals surface area contributed by atoms with E-state index in [-0.39, 0.29) is 5.56 Å². The van der Waals surface area contributed by atoms with Crippen molar-refractivity contribution >= 4 is 21.7 Å². The normalized spacial score (nSPS) is 11.9. The number of nitriles is 1. The molecule has 0 aliphatic heterocycles. The van der Waals surface area contributed by atoms with Gasteiger partial charge in [0.05, 0.1) is 17.6 Å². The van der Waals surface area contributed by atoms with Gasteiger partial charge in [0.1, 0.15) is 12.6 Å². The Morgan fingerprint density at radius 2 is 1.76 bits per heavy atom.